The van der Waals surface area contributed by atoms with E-state index in [2.05, 4.69) is 36.3 Å². The van der Waals surface area contributed by atoms with E-state index in [1.54, 1.807) is 80.4 Å². The van der Waals surface area contributed by atoms with Crippen molar-refractivity contribution in [1.82, 2.24) is 40.0 Å². The highest BCUT2D eigenvalue weighted by Crippen LogP contribution is 2.24. The van der Waals surface area contributed by atoms with Crippen LogP contribution in [0.15, 0.2) is 126 Å². The van der Waals surface area contributed by atoms with E-state index in [1.165, 1.54) is 12.3 Å². The van der Waals surface area contributed by atoms with Crippen molar-refractivity contribution in [2.45, 2.75) is 39.8 Å². The van der Waals surface area contributed by atoms with Crippen molar-refractivity contribution in [3.05, 3.63) is 159 Å². The largest absolute Gasteiger partial charge is 0.507 e. The van der Waals surface area contributed by atoms with Crippen LogP contribution in [0.2, 0.25) is 0 Å². The molecule has 0 bridgehead atoms. The number of halogens is 1. The predicted octanol–water partition coefficient (Wildman–Crippen LogP) is 4.34. The van der Waals surface area contributed by atoms with Crippen LogP contribution in [0.4, 0.5) is 0 Å². The number of aromatic amines is 2. The number of hydrogen-bond acceptors (Lipinski definition) is 10. The van der Waals surface area contributed by atoms with Gasteiger partial charge in [0, 0.05) is 96.0 Å². The molecule has 4 amide bonds. The third-order valence-corrected chi connectivity index (χ3v) is 12.2. The third-order valence-electron chi connectivity index (χ3n) is 11.3. The van der Waals surface area contributed by atoms with Gasteiger partial charge in [-0.05, 0) is 99.5 Å². The van der Waals surface area contributed by atoms with E-state index < -0.39 is 30.5 Å². The number of hydrogen-bond donors (Lipinski definition) is 4. The Balaban J connectivity index is 0.000000188. The van der Waals surface area contributed by atoms with Crippen LogP contribution in [0, 0.1) is 13.8 Å². The lowest BCUT2D eigenvalue weighted by molar-refractivity contribution is -0.130. The summed E-state index contributed by atoms with van der Waals surface area (Å²) in [5.74, 6) is -2.21. The van der Waals surface area contributed by atoms with Crippen LogP contribution in [0.5, 0.6) is 0 Å². The molecule has 18 heteroatoms. The molecule has 0 unspecified atom stereocenters. The summed E-state index contributed by atoms with van der Waals surface area (Å²) in [6.07, 6.45) is 3.12. The minimum Gasteiger partial charge on any atom is -0.422 e. The first-order valence-electron chi connectivity index (χ1n) is 21.3. The number of nitrogens with zero attached hydrogens (tertiary/aromatic N) is 6. The summed E-state index contributed by atoms with van der Waals surface area (Å²) in [4.78, 5) is 83.0. The van der Waals surface area contributed by atoms with Gasteiger partial charge >= 0.3 is 7.12 Å². The molecule has 340 valence electrons. The summed E-state index contributed by atoms with van der Waals surface area (Å²) in [5, 5.41) is 29.5. The number of carbonyl (C=O) groups is 6. The number of Topliss-reactive ketones (excluding diaryl/α,β-unsaturated/α-hetero) is 2. The smallest absolute Gasteiger partial charge is 0.422 e. The molecule has 66 heavy (non-hydrogen) atoms. The Hall–Kier alpha value is -7.02. The molecule has 4 N–H and O–H groups in total. The quantitative estimate of drug-likeness (QED) is 0.0963. The summed E-state index contributed by atoms with van der Waals surface area (Å²) >= 11 is 3.40. The highest BCUT2D eigenvalue weighted by Gasteiger charge is 2.35. The van der Waals surface area contributed by atoms with E-state index >= 15 is 0 Å². The Bertz CT molecular complexity index is 2650. The fourth-order valence-electron chi connectivity index (χ4n) is 7.63. The molecule has 8 rings (SSSR count). The zero-order chi connectivity index (χ0) is 47.5. The number of ketones is 2. The number of piperazine rings is 2. The molecule has 2 aliphatic heterocycles. The van der Waals surface area contributed by atoms with Crippen LogP contribution in [0.1, 0.15) is 66.4 Å². The molecule has 2 fully saturated rings. The van der Waals surface area contributed by atoms with Crippen molar-refractivity contribution in [2.24, 2.45) is 0 Å². The highest BCUT2D eigenvalue weighted by molar-refractivity contribution is 9.10. The monoisotopic (exact) mass is 956 g/mol. The maximum atomic E-state index is 12.9. The summed E-state index contributed by atoms with van der Waals surface area (Å²) in [7, 11) is -1.43. The van der Waals surface area contributed by atoms with Crippen molar-refractivity contribution in [3.8, 4) is 11.3 Å². The second-order valence-corrected chi connectivity index (χ2v) is 16.8. The number of aromatic nitrogens is 4. The number of amides is 4. The Labute approximate surface area is 390 Å². The van der Waals surface area contributed by atoms with Crippen molar-refractivity contribution in [3.63, 3.8) is 0 Å². The van der Waals surface area contributed by atoms with E-state index in [9.17, 15) is 28.8 Å². The molecule has 16 nitrogen and oxygen atoms in total. The van der Waals surface area contributed by atoms with Gasteiger partial charge in [0.15, 0.2) is 0 Å². The summed E-state index contributed by atoms with van der Waals surface area (Å²) < 4.78 is 0.896. The van der Waals surface area contributed by atoms with E-state index in [0.717, 1.165) is 26.9 Å². The van der Waals surface area contributed by atoms with E-state index in [4.69, 9.17) is 10.0 Å². The van der Waals surface area contributed by atoms with Gasteiger partial charge in [-0.1, -0.05) is 64.5 Å². The molecular weight excluding hydrogens is 907 g/mol. The fourth-order valence-corrected chi connectivity index (χ4v) is 7.88. The molecule has 6 aromatic rings. The van der Waals surface area contributed by atoms with Crippen molar-refractivity contribution in [1.29, 1.82) is 0 Å². The van der Waals surface area contributed by atoms with E-state index in [1.807, 2.05) is 76.2 Å². The van der Waals surface area contributed by atoms with Crippen LogP contribution in [0.3, 0.4) is 0 Å². The normalized spacial score (nSPS) is 15.7. The molecule has 2 saturated heterocycles. The molecule has 2 atom stereocenters. The molecule has 0 spiro atoms. The van der Waals surface area contributed by atoms with Gasteiger partial charge in [0.05, 0.1) is 11.3 Å². The average molecular weight is 958 g/mol. The first-order chi connectivity index (χ1) is 31.6. The molecule has 4 aromatic carbocycles. The molecule has 2 aliphatic rings. The fraction of sp³-hybridized carbons (Fsp3) is 0.250. The van der Waals surface area contributed by atoms with Gasteiger partial charge in [-0.15, -0.1) is 0 Å². The van der Waals surface area contributed by atoms with Gasteiger partial charge in [0.25, 0.3) is 23.6 Å². The molecule has 2 aromatic heterocycles. The minimum atomic E-state index is -1.43. The summed E-state index contributed by atoms with van der Waals surface area (Å²) in [6.45, 7) is 9.79. The number of H-pyrrole nitrogens is 2. The van der Waals surface area contributed by atoms with Crippen LogP contribution >= 0.6 is 15.9 Å². The maximum absolute atomic E-state index is 12.9. The zero-order valence-corrected chi connectivity index (χ0v) is 38.5. The van der Waals surface area contributed by atoms with Crippen LogP contribution in [0.25, 0.3) is 11.3 Å². The van der Waals surface area contributed by atoms with E-state index in [-0.39, 0.29) is 23.9 Å². The molecule has 0 saturated carbocycles. The Morgan fingerprint density at radius 3 is 1.45 bits per heavy atom. The number of carbonyl (C=O) groups excluding carboxylic acids is 6. The topological polar surface area (TPSA) is 213 Å². The minimum absolute atomic E-state index is 0.0515. The lowest BCUT2D eigenvalue weighted by Crippen LogP contribution is -2.56. The van der Waals surface area contributed by atoms with Gasteiger partial charge in [0.2, 0.25) is 11.6 Å². The van der Waals surface area contributed by atoms with Gasteiger partial charge in [-0.25, -0.2) is 0 Å². The second kappa shape index (κ2) is 22.3. The van der Waals surface area contributed by atoms with Crippen molar-refractivity contribution >= 4 is 63.8 Å². The van der Waals surface area contributed by atoms with Crippen LogP contribution in [-0.2, 0) is 9.59 Å². The Kier molecular flexibility index (Phi) is 16.3. The first kappa shape index (κ1) is 48.4. The highest BCUT2D eigenvalue weighted by atomic mass is 79.9. The Morgan fingerprint density at radius 1 is 0.591 bits per heavy atom. The maximum Gasteiger partial charge on any atom is 0.507 e. The SMILES string of the molecule is Cc1cc(C(=O)C(=O)N2CCN(C(=O)c3ccccc3)C[C@H]2C)ccc1-c1ccn[nH]1.Cc1cc(C(=O)C(=O)N2CCN(C(=O)c3ccccc3)C[C@H]2C)ccc1Br.OB(O)c1ccn[nH]1. The zero-order valence-electron chi connectivity index (χ0n) is 36.9. The molecule has 4 heterocycles. The number of rotatable bonds is 8. The van der Waals surface area contributed by atoms with Gasteiger partial charge in [-0.3, -0.25) is 39.0 Å². The summed E-state index contributed by atoms with van der Waals surface area (Å²) in [5.41, 5.74) is 5.89. The second-order valence-electron chi connectivity index (χ2n) is 15.9. The van der Waals surface area contributed by atoms with Crippen LogP contribution < -0.4 is 5.59 Å². The van der Waals surface area contributed by atoms with Gasteiger partial charge in [-0.2, -0.15) is 10.2 Å². The third kappa shape index (κ3) is 11.8. The predicted molar refractivity (Wildman–Crippen MR) is 252 cm³/mol. The summed E-state index contributed by atoms with van der Waals surface area (Å²) in [6, 6.07) is 31.4. The first-order valence-corrected chi connectivity index (χ1v) is 22.0. The average Bonchev–Trinajstić information content (AvgIpc) is 4.09. The number of nitrogens with one attached hydrogen (secondary N) is 2. The molecule has 0 radical (unpaired) electrons. The molecule has 0 aliphatic carbocycles. The van der Waals surface area contributed by atoms with E-state index in [0.29, 0.717) is 67.1 Å². The van der Waals surface area contributed by atoms with Crippen molar-refractivity contribution < 1.29 is 38.8 Å². The van der Waals surface area contributed by atoms with Crippen LogP contribution in [-0.4, -0.2) is 144 Å². The Morgan fingerprint density at radius 2 is 1.06 bits per heavy atom. The van der Waals surface area contributed by atoms with Gasteiger partial charge < -0.3 is 29.6 Å². The standard InChI is InChI=1S/C24H24N4O3.C21H21BrN2O3.C3H5BN2O2/c1-16-14-19(8-9-20(16)21-10-11-25-26-21)22(29)24(31)28-13-12-27(15-17(28)2)23(30)18-6-4-3-5-7-18;1-14-12-17(8-9-18(14)22)19(25)21(27)24-11-10-23(13-15(24)2)20(26)16-6-4-3-5-7-16;7-4(8)3-1-2-5-6-3/h3-11,14,17H,12-13,15H2,1-2H3,(H,25,26);3-9,12,15H,10-11,13H2,1-2H3;1-2,7-8H,(H,5,6)/t17-;15-;/m11./s1. The van der Waals surface area contributed by atoms with Gasteiger partial charge in [0.1, 0.15) is 0 Å². The lowest BCUT2D eigenvalue weighted by Gasteiger charge is -2.39. The number of benzene rings is 4. The lowest BCUT2D eigenvalue weighted by atomic mass is 9.87. The molecular formula is C48H50BBrN8O8. The number of aryl methyl sites for hydroxylation is 2. The van der Waals surface area contributed by atoms with Crippen molar-refractivity contribution in [2.75, 3.05) is 39.3 Å².